The molecule has 0 aliphatic heterocycles. The van der Waals surface area contributed by atoms with Crippen LogP contribution in [0.3, 0.4) is 0 Å². The van der Waals surface area contributed by atoms with Crippen molar-refractivity contribution in [1.82, 2.24) is 9.55 Å². The Labute approximate surface area is 109 Å². The Kier molecular flexibility index (Phi) is 3.43. The minimum atomic E-state index is 0.617. The number of pyridine rings is 1. The van der Waals surface area contributed by atoms with Crippen molar-refractivity contribution < 1.29 is 4.79 Å². The number of hydrogen-bond acceptors (Lipinski definition) is 2. The molecule has 0 aliphatic carbocycles. The van der Waals surface area contributed by atoms with Gasteiger partial charge in [-0.25, -0.2) is 4.98 Å². The summed E-state index contributed by atoms with van der Waals surface area (Å²) in [5.74, 6) is 0.787. The van der Waals surface area contributed by atoms with E-state index >= 15 is 0 Å². The Morgan fingerprint density at radius 3 is 2.82 bits per heavy atom. The van der Waals surface area contributed by atoms with Gasteiger partial charge in [-0.3, -0.25) is 9.36 Å². The average Bonchev–Trinajstić information content (AvgIpc) is 2.65. The summed E-state index contributed by atoms with van der Waals surface area (Å²) >= 11 is 3.48. The lowest BCUT2D eigenvalue weighted by Crippen LogP contribution is -2.05. The van der Waals surface area contributed by atoms with Crippen molar-refractivity contribution >= 4 is 22.2 Å². The van der Waals surface area contributed by atoms with Gasteiger partial charge < -0.3 is 0 Å². The maximum atomic E-state index is 11.1. The van der Waals surface area contributed by atoms with Gasteiger partial charge in [0.05, 0.1) is 5.69 Å². The first-order valence-electron chi connectivity index (χ1n) is 5.45. The van der Waals surface area contributed by atoms with E-state index in [2.05, 4.69) is 27.8 Å². The lowest BCUT2D eigenvalue weighted by atomic mass is 10.3. The van der Waals surface area contributed by atoms with Crippen molar-refractivity contribution in [2.45, 2.75) is 20.3 Å². The molecule has 88 valence electrons. The van der Waals surface area contributed by atoms with Crippen molar-refractivity contribution in [3.63, 3.8) is 0 Å². The SMILES string of the molecule is CCc1c(Br)cc(C=O)n1-c1cc(C)ccn1. The van der Waals surface area contributed by atoms with E-state index < -0.39 is 0 Å². The van der Waals surface area contributed by atoms with Gasteiger partial charge in [0, 0.05) is 16.4 Å². The summed E-state index contributed by atoms with van der Waals surface area (Å²) < 4.78 is 2.84. The van der Waals surface area contributed by atoms with E-state index in [9.17, 15) is 4.79 Å². The van der Waals surface area contributed by atoms with E-state index in [0.29, 0.717) is 5.69 Å². The van der Waals surface area contributed by atoms with Gasteiger partial charge >= 0.3 is 0 Å². The number of carbonyl (C=O) groups excluding carboxylic acids is 1. The van der Waals surface area contributed by atoms with E-state index in [1.807, 2.05) is 29.7 Å². The number of aromatic nitrogens is 2. The highest BCUT2D eigenvalue weighted by atomic mass is 79.9. The van der Waals surface area contributed by atoms with Crippen LogP contribution in [0.15, 0.2) is 28.9 Å². The zero-order chi connectivity index (χ0) is 12.4. The minimum absolute atomic E-state index is 0.617. The molecule has 3 nitrogen and oxygen atoms in total. The molecule has 0 unspecified atom stereocenters. The van der Waals surface area contributed by atoms with Crippen LogP contribution < -0.4 is 0 Å². The normalized spacial score (nSPS) is 10.5. The third-order valence-corrected chi connectivity index (χ3v) is 3.35. The van der Waals surface area contributed by atoms with Crippen LogP contribution in [0.1, 0.15) is 28.7 Å². The van der Waals surface area contributed by atoms with Crippen molar-refractivity contribution in [2.24, 2.45) is 0 Å². The first kappa shape index (κ1) is 12.0. The number of aldehydes is 1. The molecule has 0 saturated heterocycles. The quantitative estimate of drug-likeness (QED) is 0.814. The smallest absolute Gasteiger partial charge is 0.166 e. The van der Waals surface area contributed by atoms with E-state index in [-0.39, 0.29) is 0 Å². The van der Waals surface area contributed by atoms with Gasteiger partial charge in [-0.05, 0) is 53.0 Å². The fourth-order valence-corrected chi connectivity index (χ4v) is 2.56. The Hall–Kier alpha value is -1.42. The van der Waals surface area contributed by atoms with Crippen LogP contribution in [0.4, 0.5) is 0 Å². The Balaban J connectivity index is 2.68. The molecule has 0 aliphatic rings. The van der Waals surface area contributed by atoms with Crippen LogP contribution in [0.25, 0.3) is 5.82 Å². The summed E-state index contributed by atoms with van der Waals surface area (Å²) in [6.45, 7) is 4.07. The summed E-state index contributed by atoms with van der Waals surface area (Å²) in [6, 6.07) is 5.74. The predicted molar refractivity (Wildman–Crippen MR) is 70.8 cm³/mol. The average molecular weight is 293 g/mol. The third-order valence-electron chi connectivity index (χ3n) is 2.66. The molecule has 0 radical (unpaired) electrons. The molecule has 4 heteroatoms. The van der Waals surface area contributed by atoms with Crippen molar-refractivity contribution in [3.8, 4) is 5.82 Å². The molecule has 17 heavy (non-hydrogen) atoms. The summed E-state index contributed by atoms with van der Waals surface area (Å²) in [7, 11) is 0. The molecule has 0 spiro atoms. The predicted octanol–water partition coefficient (Wildman–Crippen LogP) is 3.32. The molecule has 0 saturated carbocycles. The van der Waals surface area contributed by atoms with Gasteiger partial charge in [-0.2, -0.15) is 0 Å². The van der Waals surface area contributed by atoms with Crippen LogP contribution in [0.2, 0.25) is 0 Å². The molecular formula is C13H13BrN2O. The highest BCUT2D eigenvalue weighted by Gasteiger charge is 2.13. The lowest BCUT2D eigenvalue weighted by molar-refractivity contribution is 0.111. The molecule has 0 atom stereocenters. The molecule has 0 N–H and O–H groups in total. The van der Waals surface area contributed by atoms with Crippen LogP contribution >= 0.6 is 15.9 Å². The molecule has 0 amide bonds. The minimum Gasteiger partial charge on any atom is -0.296 e. The molecule has 2 aromatic rings. The highest BCUT2D eigenvalue weighted by molar-refractivity contribution is 9.10. The van der Waals surface area contributed by atoms with Gasteiger partial charge in [0.15, 0.2) is 6.29 Å². The summed E-state index contributed by atoms with van der Waals surface area (Å²) in [5.41, 5.74) is 2.80. The molecular weight excluding hydrogens is 280 g/mol. The van der Waals surface area contributed by atoms with Crippen molar-refractivity contribution in [1.29, 1.82) is 0 Å². The zero-order valence-electron chi connectivity index (χ0n) is 9.77. The molecule has 2 aromatic heterocycles. The molecule has 2 rings (SSSR count). The first-order valence-corrected chi connectivity index (χ1v) is 6.25. The monoisotopic (exact) mass is 292 g/mol. The maximum absolute atomic E-state index is 11.1. The van der Waals surface area contributed by atoms with Gasteiger partial charge in [0.1, 0.15) is 5.82 Å². The number of aryl methyl sites for hydroxylation is 1. The number of rotatable bonds is 3. The van der Waals surface area contributed by atoms with E-state index in [1.54, 1.807) is 6.20 Å². The number of nitrogens with zero attached hydrogens (tertiary/aromatic N) is 2. The highest BCUT2D eigenvalue weighted by Crippen LogP contribution is 2.25. The van der Waals surface area contributed by atoms with Gasteiger partial charge in [-0.1, -0.05) is 6.92 Å². The van der Waals surface area contributed by atoms with E-state index in [0.717, 1.165) is 34.3 Å². The second-order valence-corrected chi connectivity index (χ2v) is 4.72. The van der Waals surface area contributed by atoms with Crippen LogP contribution in [0, 0.1) is 6.92 Å². The van der Waals surface area contributed by atoms with Crippen molar-refractivity contribution in [3.05, 3.63) is 45.8 Å². The van der Waals surface area contributed by atoms with E-state index in [1.165, 1.54) is 0 Å². The second kappa shape index (κ2) is 4.84. The molecule has 0 bridgehead atoms. The molecule has 2 heterocycles. The molecule has 0 fully saturated rings. The Bertz CT molecular complexity index is 561. The first-order chi connectivity index (χ1) is 8.17. The number of halogens is 1. The third kappa shape index (κ3) is 2.17. The fourth-order valence-electron chi connectivity index (χ4n) is 1.87. The maximum Gasteiger partial charge on any atom is 0.166 e. The summed E-state index contributed by atoms with van der Waals surface area (Å²) in [5, 5.41) is 0. The van der Waals surface area contributed by atoms with Gasteiger partial charge in [0.2, 0.25) is 0 Å². The van der Waals surface area contributed by atoms with Crippen LogP contribution in [-0.4, -0.2) is 15.8 Å². The summed E-state index contributed by atoms with van der Waals surface area (Å²) in [6.07, 6.45) is 3.45. The van der Waals surface area contributed by atoms with E-state index in [4.69, 9.17) is 0 Å². The van der Waals surface area contributed by atoms with Gasteiger partial charge in [-0.15, -0.1) is 0 Å². The number of carbonyl (C=O) groups is 1. The lowest BCUT2D eigenvalue weighted by Gasteiger charge is -2.09. The van der Waals surface area contributed by atoms with Gasteiger partial charge in [0.25, 0.3) is 0 Å². The standard InChI is InChI=1S/C13H13BrN2O/c1-3-12-11(14)7-10(8-17)16(12)13-6-9(2)4-5-15-13/h4-8H,3H2,1-2H3. The Morgan fingerprint density at radius 2 is 2.24 bits per heavy atom. The second-order valence-electron chi connectivity index (χ2n) is 3.86. The Morgan fingerprint density at radius 1 is 1.47 bits per heavy atom. The van der Waals surface area contributed by atoms with Crippen molar-refractivity contribution in [2.75, 3.05) is 0 Å². The van der Waals surface area contributed by atoms with Crippen LogP contribution in [0.5, 0.6) is 0 Å². The topological polar surface area (TPSA) is 34.9 Å². The zero-order valence-corrected chi connectivity index (χ0v) is 11.4. The largest absolute Gasteiger partial charge is 0.296 e. The van der Waals surface area contributed by atoms with Crippen LogP contribution in [-0.2, 0) is 6.42 Å². The summed E-state index contributed by atoms with van der Waals surface area (Å²) in [4.78, 5) is 15.4. The number of hydrogen-bond donors (Lipinski definition) is 0. The fraction of sp³-hybridized carbons (Fsp3) is 0.231. The molecule has 0 aromatic carbocycles.